The fraction of sp³-hybridized carbons (Fsp3) is 0.829. The average Bonchev–Trinajstić information content (AvgIpc) is 3.53. The highest BCUT2D eigenvalue weighted by Crippen LogP contribution is 2.77. The summed E-state index contributed by atoms with van der Waals surface area (Å²) in [5.41, 5.74) is 2.73. The van der Waals surface area contributed by atoms with Crippen LogP contribution in [-0.4, -0.2) is 42.4 Å². The van der Waals surface area contributed by atoms with Crippen LogP contribution in [0.2, 0.25) is 0 Å². The first-order valence-electron chi connectivity index (χ1n) is 16.5. The minimum Gasteiger partial charge on any atom is -0.481 e. The molecule has 0 spiro atoms. The molecule has 0 radical (unpaired) electrons. The van der Waals surface area contributed by atoms with Crippen LogP contribution in [0.5, 0.6) is 0 Å². The Bertz CT molecular complexity index is 1270. The number of carbonyl (C=O) groups is 1. The van der Waals surface area contributed by atoms with Crippen LogP contribution >= 0.6 is 11.3 Å². The molecule has 2 heterocycles. The van der Waals surface area contributed by atoms with Crippen LogP contribution in [0.25, 0.3) is 0 Å². The number of carboxylic acids is 1. The quantitative estimate of drug-likeness (QED) is 0.371. The zero-order valence-electron chi connectivity index (χ0n) is 26.4. The Morgan fingerprint density at radius 2 is 1.71 bits per heavy atom. The first kappa shape index (κ1) is 28.4. The largest absolute Gasteiger partial charge is 0.481 e. The standard InChI is InChI=1S/C35H52N2O3S/c1-21(2)22-10-13-35(29(38)39)15-14-33(6)23(27(22)35)8-9-26-32(5)20-24-28(31(3,4)25(32)11-12-34(26,33)7)36-30(41-24)37-16-18-40-19-17-37/h22-23,25-27H,1,8-20H2,2-7H3,(H,38,39)/t22-,23+,25-,26+,27+,32-,33+,34+,35-/m0/s1. The summed E-state index contributed by atoms with van der Waals surface area (Å²) in [6.07, 6.45) is 9.83. The SMILES string of the molecule is C=C(C)[C@@H]1CC[C@]2(C(=O)O)CC[C@]3(C)[C@H](CC[C@@H]4[C@@]5(C)Cc6sc(N7CCOCC7)nc6C(C)(C)[C@@H]5CC[C@]43C)[C@@H]12. The normalized spacial score (nSPS) is 46.5. The summed E-state index contributed by atoms with van der Waals surface area (Å²) in [6.45, 7) is 22.9. The average molecular weight is 581 g/mol. The van der Waals surface area contributed by atoms with E-state index in [-0.39, 0.29) is 27.6 Å². The van der Waals surface area contributed by atoms with Gasteiger partial charge in [0.15, 0.2) is 5.13 Å². The Hall–Kier alpha value is -1.40. The first-order chi connectivity index (χ1) is 19.3. The van der Waals surface area contributed by atoms with Gasteiger partial charge in [-0.3, -0.25) is 4.79 Å². The number of ether oxygens (including phenoxy) is 1. The van der Waals surface area contributed by atoms with Gasteiger partial charge in [0.05, 0.1) is 24.3 Å². The molecule has 6 heteroatoms. The minimum absolute atomic E-state index is 0.0595. The maximum absolute atomic E-state index is 13.0. The number of hydrogen-bond acceptors (Lipinski definition) is 5. The van der Waals surface area contributed by atoms with Gasteiger partial charge in [-0.15, -0.1) is 11.3 Å². The number of morpholine rings is 1. The molecule has 0 bridgehead atoms. The molecule has 1 N–H and O–H groups in total. The van der Waals surface area contributed by atoms with Crippen molar-refractivity contribution in [3.05, 3.63) is 22.7 Å². The second kappa shape index (κ2) is 9.06. The van der Waals surface area contributed by atoms with E-state index in [2.05, 4.69) is 53.0 Å². The van der Waals surface area contributed by atoms with Crippen LogP contribution in [0.4, 0.5) is 5.13 Å². The van der Waals surface area contributed by atoms with Gasteiger partial charge in [0, 0.05) is 23.4 Å². The first-order valence-corrected chi connectivity index (χ1v) is 17.3. The molecule has 1 saturated heterocycles. The van der Waals surface area contributed by atoms with Crippen molar-refractivity contribution >= 4 is 22.4 Å². The summed E-state index contributed by atoms with van der Waals surface area (Å²) >= 11 is 1.96. The second-order valence-corrected chi connectivity index (χ2v) is 17.5. The highest BCUT2D eigenvalue weighted by atomic mass is 32.1. The maximum Gasteiger partial charge on any atom is 0.309 e. The number of nitrogens with zero attached hydrogens (tertiary/aromatic N) is 2. The highest BCUT2D eigenvalue weighted by Gasteiger charge is 2.72. The fourth-order valence-corrected chi connectivity index (χ4v) is 14.1. The summed E-state index contributed by atoms with van der Waals surface area (Å²) in [7, 11) is 0. The van der Waals surface area contributed by atoms with Gasteiger partial charge in [-0.05, 0) is 111 Å². The van der Waals surface area contributed by atoms with Crippen molar-refractivity contribution in [1.29, 1.82) is 0 Å². The molecule has 226 valence electrons. The Morgan fingerprint density at radius 3 is 2.39 bits per heavy atom. The Balaban J connectivity index is 1.27. The monoisotopic (exact) mass is 580 g/mol. The predicted molar refractivity (Wildman–Crippen MR) is 165 cm³/mol. The molecule has 7 rings (SSSR count). The van der Waals surface area contributed by atoms with Crippen molar-refractivity contribution in [2.45, 2.75) is 105 Å². The van der Waals surface area contributed by atoms with Crippen LogP contribution in [0.15, 0.2) is 12.2 Å². The second-order valence-electron chi connectivity index (χ2n) is 16.4. The minimum atomic E-state index is -0.543. The molecule has 5 aliphatic carbocycles. The molecule has 0 aromatic carbocycles. The van der Waals surface area contributed by atoms with E-state index >= 15 is 0 Å². The van der Waals surface area contributed by atoms with Crippen molar-refractivity contribution in [1.82, 2.24) is 4.98 Å². The smallest absolute Gasteiger partial charge is 0.309 e. The molecular weight excluding hydrogens is 528 g/mol. The van der Waals surface area contributed by atoms with E-state index in [1.54, 1.807) is 0 Å². The molecule has 41 heavy (non-hydrogen) atoms. The van der Waals surface area contributed by atoms with E-state index in [1.807, 2.05) is 11.3 Å². The molecule has 5 fully saturated rings. The molecule has 6 aliphatic rings. The van der Waals surface area contributed by atoms with E-state index in [0.29, 0.717) is 23.7 Å². The van der Waals surface area contributed by atoms with E-state index in [9.17, 15) is 9.90 Å². The van der Waals surface area contributed by atoms with Crippen molar-refractivity contribution in [3.8, 4) is 0 Å². The van der Waals surface area contributed by atoms with E-state index < -0.39 is 11.4 Å². The van der Waals surface area contributed by atoms with Gasteiger partial charge in [0.1, 0.15) is 0 Å². The number of anilines is 1. The lowest BCUT2D eigenvalue weighted by Crippen LogP contribution is -2.66. The van der Waals surface area contributed by atoms with Gasteiger partial charge in [0.25, 0.3) is 0 Å². The van der Waals surface area contributed by atoms with Gasteiger partial charge in [0.2, 0.25) is 0 Å². The fourth-order valence-electron chi connectivity index (χ4n) is 12.7. The molecule has 5 nitrogen and oxygen atoms in total. The summed E-state index contributed by atoms with van der Waals surface area (Å²) in [5.74, 6) is 1.82. The van der Waals surface area contributed by atoms with Gasteiger partial charge >= 0.3 is 5.97 Å². The third kappa shape index (κ3) is 3.56. The lowest BCUT2D eigenvalue weighted by Gasteiger charge is -2.72. The van der Waals surface area contributed by atoms with Crippen molar-refractivity contribution < 1.29 is 14.6 Å². The molecular formula is C35H52N2O3S. The predicted octanol–water partition coefficient (Wildman–Crippen LogP) is 7.74. The lowest BCUT2D eigenvalue weighted by atomic mass is 9.32. The van der Waals surface area contributed by atoms with Crippen molar-refractivity contribution in [3.63, 3.8) is 0 Å². The highest BCUT2D eigenvalue weighted by molar-refractivity contribution is 7.15. The molecule has 1 aliphatic heterocycles. The lowest BCUT2D eigenvalue weighted by molar-refractivity contribution is -0.227. The Kier molecular flexibility index (Phi) is 6.27. The van der Waals surface area contributed by atoms with Crippen LogP contribution in [0, 0.1) is 51.2 Å². The van der Waals surface area contributed by atoms with Crippen LogP contribution in [-0.2, 0) is 21.4 Å². The van der Waals surface area contributed by atoms with Crippen LogP contribution < -0.4 is 4.90 Å². The number of allylic oxidation sites excluding steroid dienone is 1. The van der Waals surface area contributed by atoms with Gasteiger partial charge in [-0.25, -0.2) is 4.98 Å². The number of hydrogen-bond donors (Lipinski definition) is 1. The van der Waals surface area contributed by atoms with E-state index in [1.165, 1.54) is 47.0 Å². The number of fused-ring (bicyclic) bond motifs is 8. The summed E-state index contributed by atoms with van der Waals surface area (Å²) in [6, 6.07) is 0. The van der Waals surface area contributed by atoms with Gasteiger partial charge in [-0.1, -0.05) is 46.8 Å². The van der Waals surface area contributed by atoms with Gasteiger partial charge in [-0.2, -0.15) is 0 Å². The molecule has 9 atom stereocenters. The van der Waals surface area contributed by atoms with Crippen molar-refractivity contribution in [2.24, 2.45) is 51.2 Å². The topological polar surface area (TPSA) is 62.7 Å². The maximum atomic E-state index is 13.0. The van der Waals surface area contributed by atoms with Crippen LogP contribution in [0.1, 0.15) is 103 Å². The summed E-state index contributed by atoms with van der Waals surface area (Å²) in [5, 5.41) is 11.9. The van der Waals surface area contributed by atoms with E-state index in [0.717, 1.165) is 58.4 Å². The summed E-state index contributed by atoms with van der Waals surface area (Å²) in [4.78, 5) is 22.3. The van der Waals surface area contributed by atoms with Crippen LogP contribution in [0.3, 0.4) is 0 Å². The zero-order chi connectivity index (χ0) is 29.2. The Morgan fingerprint density at radius 1 is 0.976 bits per heavy atom. The third-order valence-electron chi connectivity index (χ3n) is 14.7. The Labute approximate surface area is 251 Å². The molecule has 1 aromatic heterocycles. The number of carboxylic acid groups (broad SMARTS) is 1. The third-order valence-corrected chi connectivity index (χ3v) is 15.9. The molecule has 1 aromatic rings. The number of aromatic nitrogens is 1. The molecule has 0 amide bonds. The summed E-state index contributed by atoms with van der Waals surface area (Å²) < 4.78 is 5.64. The molecule has 0 unspecified atom stereocenters. The number of thiazole rings is 1. The molecule has 4 saturated carbocycles. The number of rotatable bonds is 3. The van der Waals surface area contributed by atoms with Crippen molar-refractivity contribution in [2.75, 3.05) is 31.2 Å². The van der Waals surface area contributed by atoms with E-state index in [4.69, 9.17) is 9.72 Å². The zero-order valence-corrected chi connectivity index (χ0v) is 27.2. The van der Waals surface area contributed by atoms with Gasteiger partial charge < -0.3 is 14.7 Å². The number of aliphatic carboxylic acids is 1.